The van der Waals surface area contributed by atoms with Gasteiger partial charge in [-0.25, -0.2) is 0 Å². The predicted molar refractivity (Wildman–Crippen MR) is 76.5 cm³/mol. The number of rotatable bonds is 4. The van der Waals surface area contributed by atoms with Crippen LogP contribution in [0.15, 0.2) is 18.2 Å². The molecule has 0 spiro atoms. The van der Waals surface area contributed by atoms with Crippen LogP contribution in [0.25, 0.3) is 0 Å². The van der Waals surface area contributed by atoms with Crippen LogP contribution in [0.1, 0.15) is 25.8 Å². The molecule has 0 fully saturated rings. The SMILES string of the molecule is CCC1CNc2cc(CC(C)N(C)C)ccc2O1. The second-order valence-electron chi connectivity index (χ2n) is 5.38. The maximum atomic E-state index is 5.92. The number of anilines is 1. The standard InChI is InChI=1S/C15H24N2O/c1-5-13-10-16-14-9-12(6-7-15(14)18-13)8-11(2)17(3)4/h6-7,9,11,13,16H,5,8,10H2,1-4H3. The van der Waals surface area contributed by atoms with Gasteiger partial charge >= 0.3 is 0 Å². The van der Waals surface area contributed by atoms with Crippen LogP contribution in [0.2, 0.25) is 0 Å². The highest BCUT2D eigenvalue weighted by Crippen LogP contribution is 2.31. The second kappa shape index (κ2) is 5.61. The maximum absolute atomic E-state index is 5.92. The minimum absolute atomic E-state index is 0.309. The van der Waals surface area contributed by atoms with Gasteiger partial charge in [0.2, 0.25) is 0 Å². The molecule has 0 radical (unpaired) electrons. The van der Waals surface area contributed by atoms with Gasteiger partial charge in [0.05, 0.1) is 12.2 Å². The minimum Gasteiger partial charge on any atom is -0.486 e. The summed E-state index contributed by atoms with van der Waals surface area (Å²) in [6.45, 7) is 5.32. The number of nitrogens with one attached hydrogen (secondary N) is 1. The molecule has 1 heterocycles. The molecule has 2 rings (SSSR count). The van der Waals surface area contributed by atoms with Gasteiger partial charge < -0.3 is 15.0 Å². The molecule has 2 unspecified atom stereocenters. The third-order valence-electron chi connectivity index (χ3n) is 3.73. The van der Waals surface area contributed by atoms with E-state index in [0.29, 0.717) is 12.1 Å². The van der Waals surface area contributed by atoms with Crippen molar-refractivity contribution in [3.8, 4) is 5.75 Å². The van der Waals surface area contributed by atoms with Crippen molar-refractivity contribution in [1.82, 2.24) is 4.90 Å². The fraction of sp³-hybridized carbons (Fsp3) is 0.600. The third-order valence-corrected chi connectivity index (χ3v) is 3.73. The van der Waals surface area contributed by atoms with Gasteiger partial charge in [-0.15, -0.1) is 0 Å². The summed E-state index contributed by atoms with van der Waals surface area (Å²) in [6.07, 6.45) is 2.43. The highest BCUT2D eigenvalue weighted by Gasteiger charge is 2.18. The summed E-state index contributed by atoms with van der Waals surface area (Å²) in [6, 6.07) is 7.05. The highest BCUT2D eigenvalue weighted by molar-refractivity contribution is 5.59. The van der Waals surface area contributed by atoms with E-state index >= 15 is 0 Å². The number of fused-ring (bicyclic) bond motifs is 1. The van der Waals surface area contributed by atoms with Gasteiger partial charge in [-0.05, 0) is 51.6 Å². The van der Waals surface area contributed by atoms with E-state index in [2.05, 4.69) is 56.4 Å². The Balaban J connectivity index is 2.09. The van der Waals surface area contributed by atoms with E-state index in [4.69, 9.17) is 4.74 Å². The molecule has 3 heteroatoms. The quantitative estimate of drug-likeness (QED) is 0.886. The molecule has 0 bridgehead atoms. The first-order valence-corrected chi connectivity index (χ1v) is 6.80. The van der Waals surface area contributed by atoms with Gasteiger partial charge in [-0.1, -0.05) is 13.0 Å². The van der Waals surface area contributed by atoms with Gasteiger partial charge in [0.25, 0.3) is 0 Å². The van der Waals surface area contributed by atoms with Gasteiger partial charge in [0.15, 0.2) is 0 Å². The Kier molecular flexibility index (Phi) is 4.12. The number of benzene rings is 1. The van der Waals surface area contributed by atoms with Crippen LogP contribution in [0.3, 0.4) is 0 Å². The fourth-order valence-electron chi connectivity index (χ4n) is 2.14. The molecule has 18 heavy (non-hydrogen) atoms. The first-order chi connectivity index (χ1) is 8.60. The Hall–Kier alpha value is -1.22. The van der Waals surface area contributed by atoms with Crippen molar-refractivity contribution < 1.29 is 4.74 Å². The Morgan fingerprint density at radius 2 is 2.22 bits per heavy atom. The molecule has 100 valence electrons. The van der Waals surface area contributed by atoms with Crippen LogP contribution in [-0.2, 0) is 6.42 Å². The molecule has 1 aromatic carbocycles. The van der Waals surface area contributed by atoms with E-state index in [9.17, 15) is 0 Å². The molecule has 1 aromatic rings. The summed E-state index contributed by atoms with van der Waals surface area (Å²) in [5.41, 5.74) is 2.50. The van der Waals surface area contributed by atoms with Crippen molar-refractivity contribution in [2.45, 2.75) is 38.8 Å². The van der Waals surface area contributed by atoms with Crippen molar-refractivity contribution in [3.63, 3.8) is 0 Å². The van der Waals surface area contributed by atoms with E-state index < -0.39 is 0 Å². The van der Waals surface area contributed by atoms with Crippen molar-refractivity contribution in [1.29, 1.82) is 0 Å². The maximum Gasteiger partial charge on any atom is 0.142 e. The van der Waals surface area contributed by atoms with Crippen LogP contribution >= 0.6 is 0 Å². The highest BCUT2D eigenvalue weighted by atomic mass is 16.5. The predicted octanol–water partition coefficient (Wildman–Crippen LogP) is 2.76. The number of hydrogen-bond donors (Lipinski definition) is 1. The van der Waals surface area contributed by atoms with E-state index in [1.54, 1.807) is 0 Å². The van der Waals surface area contributed by atoms with Crippen LogP contribution in [0.5, 0.6) is 5.75 Å². The Labute approximate surface area is 110 Å². The molecule has 0 amide bonds. The average molecular weight is 248 g/mol. The van der Waals surface area contributed by atoms with Gasteiger partial charge in [0.1, 0.15) is 11.9 Å². The molecule has 0 aromatic heterocycles. The monoisotopic (exact) mass is 248 g/mol. The fourth-order valence-corrected chi connectivity index (χ4v) is 2.14. The molecular weight excluding hydrogens is 224 g/mol. The lowest BCUT2D eigenvalue weighted by Gasteiger charge is -2.27. The van der Waals surface area contributed by atoms with E-state index in [0.717, 1.165) is 30.8 Å². The summed E-state index contributed by atoms with van der Waals surface area (Å²) >= 11 is 0. The zero-order valence-corrected chi connectivity index (χ0v) is 11.9. The zero-order chi connectivity index (χ0) is 13.1. The second-order valence-corrected chi connectivity index (χ2v) is 5.38. The van der Waals surface area contributed by atoms with E-state index in [1.165, 1.54) is 5.56 Å². The summed E-state index contributed by atoms with van der Waals surface area (Å²) in [5, 5.41) is 3.47. The number of nitrogens with zero attached hydrogens (tertiary/aromatic N) is 1. The third kappa shape index (κ3) is 2.96. The normalized spacial score (nSPS) is 19.9. The number of likely N-dealkylation sites (N-methyl/N-ethyl adjacent to an activating group) is 1. The molecule has 2 atom stereocenters. The lowest BCUT2D eigenvalue weighted by atomic mass is 10.0. The molecular formula is C15H24N2O. The lowest BCUT2D eigenvalue weighted by molar-refractivity contribution is 0.201. The van der Waals surface area contributed by atoms with Crippen LogP contribution in [0.4, 0.5) is 5.69 Å². The summed E-state index contributed by atoms with van der Waals surface area (Å²) < 4.78 is 5.92. The lowest BCUT2D eigenvalue weighted by Crippen LogP contribution is -2.30. The van der Waals surface area contributed by atoms with Crippen molar-refractivity contribution >= 4 is 5.69 Å². The molecule has 3 nitrogen and oxygen atoms in total. The number of ether oxygens (including phenoxy) is 1. The summed E-state index contributed by atoms with van der Waals surface area (Å²) in [7, 11) is 4.24. The Morgan fingerprint density at radius 3 is 2.89 bits per heavy atom. The largest absolute Gasteiger partial charge is 0.486 e. The molecule has 0 saturated carbocycles. The van der Waals surface area contributed by atoms with Gasteiger partial charge in [-0.3, -0.25) is 0 Å². The topological polar surface area (TPSA) is 24.5 Å². The summed E-state index contributed by atoms with van der Waals surface area (Å²) in [4.78, 5) is 2.25. The van der Waals surface area contributed by atoms with Gasteiger partial charge in [0, 0.05) is 6.04 Å². The average Bonchev–Trinajstić information content (AvgIpc) is 2.37. The Morgan fingerprint density at radius 1 is 1.44 bits per heavy atom. The van der Waals surface area contributed by atoms with Crippen LogP contribution in [-0.4, -0.2) is 37.7 Å². The van der Waals surface area contributed by atoms with E-state index in [1.807, 2.05) is 0 Å². The summed E-state index contributed by atoms with van der Waals surface area (Å²) in [5.74, 6) is 0.995. The van der Waals surface area contributed by atoms with E-state index in [-0.39, 0.29) is 0 Å². The molecule has 1 aliphatic rings. The van der Waals surface area contributed by atoms with Crippen LogP contribution in [0, 0.1) is 0 Å². The Bertz CT molecular complexity index is 403. The van der Waals surface area contributed by atoms with Crippen LogP contribution < -0.4 is 10.1 Å². The van der Waals surface area contributed by atoms with Crippen molar-refractivity contribution in [2.75, 3.05) is 26.0 Å². The van der Waals surface area contributed by atoms with Gasteiger partial charge in [-0.2, -0.15) is 0 Å². The molecule has 1 N–H and O–H groups in total. The minimum atomic E-state index is 0.309. The molecule has 1 aliphatic heterocycles. The molecule has 0 saturated heterocycles. The zero-order valence-electron chi connectivity index (χ0n) is 11.9. The van der Waals surface area contributed by atoms with Crippen molar-refractivity contribution in [2.24, 2.45) is 0 Å². The smallest absolute Gasteiger partial charge is 0.142 e. The molecule has 0 aliphatic carbocycles. The first-order valence-electron chi connectivity index (χ1n) is 6.80. The first kappa shape index (κ1) is 13.2. The number of hydrogen-bond acceptors (Lipinski definition) is 3. The van der Waals surface area contributed by atoms with Crippen molar-refractivity contribution in [3.05, 3.63) is 23.8 Å².